The molecule has 0 saturated heterocycles. The van der Waals surface area contributed by atoms with Crippen LogP contribution in [0.15, 0.2) is 66.0 Å². The number of sulfonamides is 1. The Morgan fingerprint density at radius 2 is 1.71 bits per heavy atom. The van der Waals surface area contributed by atoms with Crippen LogP contribution in [0.25, 0.3) is 0 Å². The molecule has 2 heterocycles. The van der Waals surface area contributed by atoms with Gasteiger partial charge in [-0.2, -0.15) is 17.5 Å². The zero-order valence-electron chi connectivity index (χ0n) is 21.2. The Morgan fingerprint density at radius 3 is 2.39 bits per heavy atom. The van der Waals surface area contributed by atoms with Crippen LogP contribution in [-0.2, 0) is 29.3 Å². The van der Waals surface area contributed by atoms with Crippen molar-refractivity contribution in [1.29, 1.82) is 0 Å². The molecule has 10 heteroatoms. The van der Waals surface area contributed by atoms with E-state index in [-0.39, 0.29) is 24.0 Å². The fourth-order valence-electron chi connectivity index (χ4n) is 5.78. The van der Waals surface area contributed by atoms with E-state index in [9.17, 15) is 21.6 Å². The molecular weight excluding hydrogens is 513 g/mol. The van der Waals surface area contributed by atoms with Gasteiger partial charge in [0.2, 0.25) is 10.0 Å². The number of para-hydroxylation sites is 1. The second kappa shape index (κ2) is 11.1. The van der Waals surface area contributed by atoms with E-state index in [0.29, 0.717) is 12.5 Å². The largest absolute Gasteiger partial charge is 0.416 e. The van der Waals surface area contributed by atoms with Gasteiger partial charge in [0, 0.05) is 31.0 Å². The van der Waals surface area contributed by atoms with E-state index in [1.165, 1.54) is 36.4 Å². The van der Waals surface area contributed by atoms with Crippen molar-refractivity contribution in [3.63, 3.8) is 0 Å². The third kappa shape index (κ3) is 5.91. The van der Waals surface area contributed by atoms with Gasteiger partial charge in [0.15, 0.2) is 0 Å². The SMILES string of the molecule is O=S(=O)(c1ccc(C(F)(F)F)cc1)N1Cc2ccccc2N(Cc2cnc[nH]2)[C@@H](CCC2CCCCC2)C1. The van der Waals surface area contributed by atoms with Gasteiger partial charge in [-0.25, -0.2) is 13.4 Å². The van der Waals surface area contributed by atoms with Crippen molar-refractivity contribution in [2.45, 2.75) is 75.1 Å². The molecule has 0 bridgehead atoms. The quantitative estimate of drug-likeness (QED) is 0.374. The maximum absolute atomic E-state index is 13.8. The Kier molecular flexibility index (Phi) is 7.81. The summed E-state index contributed by atoms with van der Waals surface area (Å²) in [6, 6.07) is 11.5. The van der Waals surface area contributed by atoms with Crippen molar-refractivity contribution in [1.82, 2.24) is 14.3 Å². The maximum atomic E-state index is 13.8. The minimum absolute atomic E-state index is 0.104. The molecule has 3 aromatic rings. The molecule has 1 atom stereocenters. The van der Waals surface area contributed by atoms with Crippen molar-refractivity contribution in [2.24, 2.45) is 5.92 Å². The summed E-state index contributed by atoms with van der Waals surface area (Å²) in [7, 11) is -4.03. The highest BCUT2D eigenvalue weighted by Gasteiger charge is 2.36. The van der Waals surface area contributed by atoms with Gasteiger partial charge in [0.25, 0.3) is 0 Å². The first kappa shape index (κ1) is 26.7. The summed E-state index contributed by atoms with van der Waals surface area (Å²) in [5, 5.41) is 0. The van der Waals surface area contributed by atoms with E-state index in [0.717, 1.165) is 54.1 Å². The lowest BCUT2D eigenvalue weighted by Crippen LogP contribution is -2.43. The van der Waals surface area contributed by atoms with Crippen molar-refractivity contribution in [3.8, 4) is 0 Å². The molecule has 1 fully saturated rings. The molecule has 1 saturated carbocycles. The number of imidazole rings is 1. The average molecular weight is 547 g/mol. The average Bonchev–Trinajstić information content (AvgIpc) is 3.37. The molecule has 5 rings (SSSR count). The predicted octanol–water partition coefficient (Wildman–Crippen LogP) is 6.37. The highest BCUT2D eigenvalue weighted by atomic mass is 32.2. The number of nitrogens with zero attached hydrogens (tertiary/aromatic N) is 3. The molecule has 1 aliphatic carbocycles. The first-order valence-electron chi connectivity index (χ1n) is 13.2. The number of hydrogen-bond acceptors (Lipinski definition) is 4. The Labute approximate surface area is 221 Å². The first-order chi connectivity index (χ1) is 18.2. The minimum atomic E-state index is -4.53. The molecule has 204 valence electrons. The lowest BCUT2D eigenvalue weighted by molar-refractivity contribution is -0.137. The van der Waals surface area contributed by atoms with Crippen LogP contribution in [0, 0.1) is 5.92 Å². The second-order valence-corrected chi connectivity index (χ2v) is 12.3. The number of hydrogen-bond donors (Lipinski definition) is 1. The van der Waals surface area contributed by atoms with Gasteiger partial charge >= 0.3 is 6.18 Å². The second-order valence-electron chi connectivity index (χ2n) is 10.4. The summed E-state index contributed by atoms with van der Waals surface area (Å²) in [6.45, 7) is 0.957. The number of aromatic nitrogens is 2. The number of rotatable bonds is 7. The zero-order valence-corrected chi connectivity index (χ0v) is 22.0. The van der Waals surface area contributed by atoms with Crippen molar-refractivity contribution in [3.05, 3.63) is 77.9 Å². The van der Waals surface area contributed by atoms with Crippen LogP contribution in [-0.4, -0.2) is 35.3 Å². The zero-order chi connectivity index (χ0) is 26.8. The predicted molar refractivity (Wildman–Crippen MR) is 140 cm³/mol. The number of benzene rings is 2. The lowest BCUT2D eigenvalue weighted by atomic mass is 9.85. The number of alkyl halides is 3. The molecule has 1 aliphatic heterocycles. The maximum Gasteiger partial charge on any atom is 0.416 e. The lowest BCUT2D eigenvalue weighted by Gasteiger charge is -2.35. The third-order valence-electron chi connectivity index (χ3n) is 7.85. The van der Waals surface area contributed by atoms with E-state index in [2.05, 4.69) is 14.9 Å². The smallest absolute Gasteiger partial charge is 0.361 e. The van der Waals surface area contributed by atoms with Crippen molar-refractivity contribution in [2.75, 3.05) is 11.4 Å². The first-order valence-corrected chi connectivity index (χ1v) is 14.6. The molecule has 0 radical (unpaired) electrons. The summed E-state index contributed by atoms with van der Waals surface area (Å²) in [5.41, 5.74) is 1.90. The Hall–Kier alpha value is -2.85. The van der Waals surface area contributed by atoms with E-state index in [4.69, 9.17) is 0 Å². The van der Waals surface area contributed by atoms with Gasteiger partial charge in [0.1, 0.15) is 0 Å². The van der Waals surface area contributed by atoms with E-state index >= 15 is 0 Å². The Balaban J connectivity index is 1.48. The highest BCUT2D eigenvalue weighted by molar-refractivity contribution is 7.89. The molecular formula is C28H33F3N4O2S. The fraction of sp³-hybridized carbons (Fsp3) is 0.464. The van der Waals surface area contributed by atoms with Crippen LogP contribution in [0.3, 0.4) is 0 Å². The normalized spacial score (nSPS) is 19.8. The van der Waals surface area contributed by atoms with Crippen LogP contribution >= 0.6 is 0 Å². The molecule has 0 spiro atoms. The monoisotopic (exact) mass is 546 g/mol. The summed E-state index contributed by atoms with van der Waals surface area (Å²) in [6.07, 6.45) is 6.90. The molecule has 0 unspecified atom stereocenters. The van der Waals surface area contributed by atoms with Crippen LogP contribution < -0.4 is 4.90 Å². The topological polar surface area (TPSA) is 69.3 Å². The fourth-order valence-corrected chi connectivity index (χ4v) is 7.23. The molecule has 2 aliphatic rings. The number of aromatic amines is 1. The summed E-state index contributed by atoms with van der Waals surface area (Å²) in [5.74, 6) is 0.635. The molecule has 1 aromatic heterocycles. The molecule has 38 heavy (non-hydrogen) atoms. The molecule has 0 amide bonds. The molecule has 2 aromatic carbocycles. The van der Waals surface area contributed by atoms with Gasteiger partial charge < -0.3 is 9.88 Å². The summed E-state index contributed by atoms with van der Waals surface area (Å²) in [4.78, 5) is 9.47. The third-order valence-corrected chi connectivity index (χ3v) is 9.68. The van der Waals surface area contributed by atoms with Crippen molar-refractivity contribution >= 4 is 15.7 Å². The van der Waals surface area contributed by atoms with Gasteiger partial charge in [-0.05, 0) is 54.7 Å². The standard InChI is InChI=1S/C28H33F3N4O2S/c29-28(30,31)23-11-14-26(15-12-23)38(36,37)34-17-22-8-4-5-9-27(22)35(18-24-16-32-20-33-24)25(19-34)13-10-21-6-2-1-3-7-21/h4-5,8-9,11-12,14-16,20-21,25H,1-3,6-7,10,13,17-19H2,(H,32,33)/t25-/m0/s1. The Morgan fingerprint density at radius 1 is 0.974 bits per heavy atom. The van der Waals surface area contributed by atoms with E-state index < -0.39 is 21.8 Å². The number of nitrogens with one attached hydrogen (secondary N) is 1. The molecule has 1 N–H and O–H groups in total. The van der Waals surface area contributed by atoms with Gasteiger partial charge in [0.05, 0.1) is 29.0 Å². The number of H-pyrrole nitrogens is 1. The Bertz CT molecular complexity index is 1300. The van der Waals surface area contributed by atoms with Gasteiger partial charge in [-0.15, -0.1) is 0 Å². The number of fused-ring (bicyclic) bond motifs is 1. The van der Waals surface area contributed by atoms with E-state index in [1.807, 2.05) is 24.3 Å². The van der Waals surface area contributed by atoms with Crippen LogP contribution in [0.2, 0.25) is 0 Å². The molecule has 6 nitrogen and oxygen atoms in total. The van der Waals surface area contributed by atoms with Crippen LogP contribution in [0.4, 0.5) is 18.9 Å². The van der Waals surface area contributed by atoms with Gasteiger partial charge in [-0.3, -0.25) is 0 Å². The summed E-state index contributed by atoms with van der Waals surface area (Å²) >= 11 is 0. The minimum Gasteiger partial charge on any atom is -0.361 e. The van der Waals surface area contributed by atoms with E-state index in [1.54, 1.807) is 12.5 Å². The van der Waals surface area contributed by atoms with Crippen molar-refractivity contribution < 1.29 is 21.6 Å². The highest BCUT2D eigenvalue weighted by Crippen LogP contribution is 2.36. The van der Waals surface area contributed by atoms with Crippen LogP contribution in [0.5, 0.6) is 0 Å². The van der Waals surface area contributed by atoms with Crippen LogP contribution in [0.1, 0.15) is 61.8 Å². The summed E-state index contributed by atoms with van der Waals surface area (Å²) < 4.78 is 68.3. The number of halogens is 3. The number of anilines is 1. The van der Waals surface area contributed by atoms with Gasteiger partial charge in [-0.1, -0.05) is 50.3 Å².